The number of hydrogen-bond donors (Lipinski definition) is 1. The third-order valence-electron chi connectivity index (χ3n) is 1.65. The molecule has 0 saturated carbocycles. The van der Waals surface area contributed by atoms with E-state index in [1.807, 2.05) is 6.07 Å². The average Bonchev–Trinajstić information content (AvgIpc) is 2.70. The Bertz CT molecular complexity index is 440. The molecule has 0 aliphatic heterocycles. The van der Waals surface area contributed by atoms with Crippen molar-refractivity contribution in [2.45, 2.75) is 0 Å². The van der Waals surface area contributed by atoms with Crippen LogP contribution in [0.5, 0.6) is 0 Å². The normalized spacial score (nSPS) is 9.46. The fraction of sp³-hybridized carbons (Fsp3) is 0. The third-order valence-corrected chi connectivity index (χ3v) is 1.65. The monoisotopic (exact) mass is 171 g/mol. The molecular weight excluding hydrogens is 166 g/mol. The van der Waals surface area contributed by atoms with E-state index < -0.39 is 0 Å². The van der Waals surface area contributed by atoms with Crippen molar-refractivity contribution in [3.8, 4) is 17.5 Å². The molecule has 13 heavy (non-hydrogen) atoms. The highest BCUT2D eigenvalue weighted by molar-refractivity contribution is 5.63. The number of tetrazole rings is 1. The molecule has 1 aromatic carbocycles. The van der Waals surface area contributed by atoms with E-state index in [0.717, 1.165) is 5.56 Å². The maximum absolute atomic E-state index is 8.78. The highest BCUT2D eigenvalue weighted by Gasteiger charge is 2.05. The van der Waals surface area contributed by atoms with Gasteiger partial charge in [-0.15, -0.1) is 5.10 Å². The Hall–Kier alpha value is -2.22. The van der Waals surface area contributed by atoms with Crippen LogP contribution in [0.25, 0.3) is 11.4 Å². The van der Waals surface area contributed by atoms with Gasteiger partial charge < -0.3 is 0 Å². The number of rotatable bonds is 1. The predicted octanol–water partition coefficient (Wildman–Crippen LogP) is 0.738. The minimum Gasteiger partial charge on any atom is -0.239 e. The number of nitriles is 1. The van der Waals surface area contributed by atoms with Crippen LogP contribution < -0.4 is 0 Å². The predicted molar refractivity (Wildman–Crippen MR) is 44.3 cm³/mol. The summed E-state index contributed by atoms with van der Waals surface area (Å²) in [6.07, 6.45) is 0. The van der Waals surface area contributed by atoms with E-state index in [9.17, 15) is 0 Å². The Balaban J connectivity index is 2.59. The van der Waals surface area contributed by atoms with Gasteiger partial charge in [-0.2, -0.15) is 5.26 Å². The zero-order chi connectivity index (χ0) is 9.10. The van der Waals surface area contributed by atoms with Crippen molar-refractivity contribution in [3.63, 3.8) is 0 Å². The second-order valence-electron chi connectivity index (χ2n) is 2.41. The quantitative estimate of drug-likeness (QED) is 0.686. The number of hydrogen-bond acceptors (Lipinski definition) is 4. The van der Waals surface area contributed by atoms with E-state index in [-0.39, 0.29) is 0 Å². The summed E-state index contributed by atoms with van der Waals surface area (Å²) in [5, 5.41) is 22.0. The number of H-pyrrole nitrogens is 1. The van der Waals surface area contributed by atoms with Gasteiger partial charge in [-0.25, -0.2) is 5.10 Å². The lowest BCUT2D eigenvalue weighted by Gasteiger charge is -1.95. The van der Waals surface area contributed by atoms with Crippen molar-refractivity contribution in [1.82, 2.24) is 20.6 Å². The van der Waals surface area contributed by atoms with Crippen LogP contribution in [0.1, 0.15) is 5.56 Å². The van der Waals surface area contributed by atoms with E-state index in [1.165, 1.54) is 0 Å². The van der Waals surface area contributed by atoms with Crippen molar-refractivity contribution in [2.24, 2.45) is 0 Å². The minimum absolute atomic E-state index is 0.511. The van der Waals surface area contributed by atoms with Crippen molar-refractivity contribution in [3.05, 3.63) is 29.8 Å². The van der Waals surface area contributed by atoms with Gasteiger partial charge >= 0.3 is 0 Å². The largest absolute Gasteiger partial charge is 0.239 e. The average molecular weight is 171 g/mol. The Kier molecular flexibility index (Phi) is 1.73. The molecule has 0 unspecified atom stereocenters. The summed E-state index contributed by atoms with van der Waals surface area (Å²) in [6, 6.07) is 9.21. The SMILES string of the molecule is N#Cc1ccccc1-c1nnn[nH]1. The van der Waals surface area contributed by atoms with E-state index in [1.54, 1.807) is 18.2 Å². The second-order valence-corrected chi connectivity index (χ2v) is 2.41. The summed E-state index contributed by atoms with van der Waals surface area (Å²) in [7, 11) is 0. The van der Waals surface area contributed by atoms with Crippen molar-refractivity contribution in [2.75, 3.05) is 0 Å². The Morgan fingerprint density at radius 2 is 2.15 bits per heavy atom. The van der Waals surface area contributed by atoms with Gasteiger partial charge in [-0.05, 0) is 22.6 Å². The molecule has 2 rings (SSSR count). The first kappa shape index (κ1) is 7.43. The first-order valence-electron chi connectivity index (χ1n) is 3.65. The molecule has 1 heterocycles. The van der Waals surface area contributed by atoms with Gasteiger partial charge in [0.05, 0.1) is 11.6 Å². The molecule has 2 aromatic rings. The molecular formula is C8H5N5. The number of nitrogens with zero attached hydrogens (tertiary/aromatic N) is 4. The van der Waals surface area contributed by atoms with Gasteiger partial charge in [0.1, 0.15) is 0 Å². The number of aromatic amines is 1. The zero-order valence-corrected chi connectivity index (χ0v) is 6.60. The highest BCUT2D eigenvalue weighted by atomic mass is 15.5. The van der Waals surface area contributed by atoms with Crippen LogP contribution in [-0.2, 0) is 0 Å². The molecule has 0 atom stereocenters. The molecule has 62 valence electrons. The smallest absolute Gasteiger partial charge is 0.180 e. The number of nitrogens with one attached hydrogen (secondary N) is 1. The minimum atomic E-state index is 0.511. The highest BCUT2D eigenvalue weighted by Crippen LogP contribution is 2.17. The van der Waals surface area contributed by atoms with Crippen LogP contribution in [0.15, 0.2) is 24.3 Å². The van der Waals surface area contributed by atoms with Crippen LogP contribution in [0, 0.1) is 11.3 Å². The topological polar surface area (TPSA) is 78.2 Å². The Morgan fingerprint density at radius 3 is 2.85 bits per heavy atom. The third kappa shape index (κ3) is 1.25. The fourth-order valence-corrected chi connectivity index (χ4v) is 1.06. The zero-order valence-electron chi connectivity index (χ0n) is 6.60. The van der Waals surface area contributed by atoms with Gasteiger partial charge in [-0.3, -0.25) is 0 Å². The molecule has 1 aromatic heterocycles. The van der Waals surface area contributed by atoms with E-state index in [0.29, 0.717) is 11.4 Å². The molecule has 0 saturated heterocycles. The molecule has 0 aliphatic rings. The fourth-order valence-electron chi connectivity index (χ4n) is 1.06. The summed E-state index contributed by atoms with van der Waals surface area (Å²) < 4.78 is 0. The van der Waals surface area contributed by atoms with Crippen LogP contribution in [0.2, 0.25) is 0 Å². The molecule has 1 N–H and O–H groups in total. The number of aromatic nitrogens is 4. The maximum atomic E-state index is 8.78. The van der Waals surface area contributed by atoms with E-state index in [2.05, 4.69) is 26.7 Å². The summed E-state index contributed by atoms with van der Waals surface area (Å²) in [4.78, 5) is 0. The second kappa shape index (κ2) is 3.03. The Morgan fingerprint density at radius 1 is 1.31 bits per heavy atom. The van der Waals surface area contributed by atoms with Crippen LogP contribution >= 0.6 is 0 Å². The molecule has 0 radical (unpaired) electrons. The van der Waals surface area contributed by atoms with Crippen molar-refractivity contribution >= 4 is 0 Å². The standard InChI is InChI=1S/C8H5N5/c9-5-6-3-1-2-4-7(6)8-10-12-13-11-8/h1-4H,(H,10,11,12,13). The summed E-state index contributed by atoms with van der Waals surface area (Å²) in [5.74, 6) is 0.511. The van der Waals surface area contributed by atoms with Gasteiger partial charge in [0.25, 0.3) is 0 Å². The molecule has 0 fully saturated rings. The van der Waals surface area contributed by atoms with Gasteiger partial charge in [0, 0.05) is 5.56 Å². The summed E-state index contributed by atoms with van der Waals surface area (Å²) in [5.41, 5.74) is 1.27. The lowest BCUT2D eigenvalue weighted by molar-refractivity contribution is 0.881. The first-order chi connectivity index (χ1) is 6.42. The number of benzene rings is 1. The lowest BCUT2D eigenvalue weighted by Crippen LogP contribution is -1.85. The van der Waals surface area contributed by atoms with E-state index >= 15 is 0 Å². The van der Waals surface area contributed by atoms with Crippen LogP contribution in [0.3, 0.4) is 0 Å². The summed E-state index contributed by atoms with van der Waals surface area (Å²) >= 11 is 0. The molecule has 5 heteroatoms. The first-order valence-corrected chi connectivity index (χ1v) is 3.65. The van der Waals surface area contributed by atoms with Gasteiger partial charge in [0.15, 0.2) is 5.82 Å². The van der Waals surface area contributed by atoms with Crippen LogP contribution in [0.4, 0.5) is 0 Å². The molecule has 0 amide bonds. The molecule has 0 spiro atoms. The molecule has 0 bridgehead atoms. The molecule has 0 aliphatic carbocycles. The van der Waals surface area contributed by atoms with Crippen LogP contribution in [-0.4, -0.2) is 20.6 Å². The Labute approximate surface area is 74.0 Å². The summed E-state index contributed by atoms with van der Waals surface area (Å²) in [6.45, 7) is 0. The van der Waals surface area contributed by atoms with Gasteiger partial charge in [0.2, 0.25) is 0 Å². The van der Waals surface area contributed by atoms with Crippen molar-refractivity contribution < 1.29 is 0 Å². The maximum Gasteiger partial charge on any atom is 0.180 e. The molecule has 5 nitrogen and oxygen atoms in total. The van der Waals surface area contributed by atoms with E-state index in [4.69, 9.17) is 5.26 Å². The lowest BCUT2D eigenvalue weighted by atomic mass is 10.1. The van der Waals surface area contributed by atoms with Crippen molar-refractivity contribution in [1.29, 1.82) is 5.26 Å². The van der Waals surface area contributed by atoms with Gasteiger partial charge in [-0.1, -0.05) is 12.1 Å².